The van der Waals surface area contributed by atoms with E-state index in [1.54, 1.807) is 16.8 Å². The summed E-state index contributed by atoms with van der Waals surface area (Å²) in [5, 5.41) is 7.09. The fourth-order valence-electron chi connectivity index (χ4n) is 1.68. The molecule has 18 heavy (non-hydrogen) atoms. The highest BCUT2D eigenvalue weighted by molar-refractivity contribution is 5.93. The monoisotopic (exact) mass is 241 g/mol. The van der Waals surface area contributed by atoms with Crippen molar-refractivity contribution in [2.75, 3.05) is 6.54 Å². The summed E-state index contributed by atoms with van der Waals surface area (Å²) in [6, 6.07) is 11.4. The van der Waals surface area contributed by atoms with Crippen LogP contribution in [0.25, 0.3) is 5.69 Å². The van der Waals surface area contributed by atoms with E-state index in [2.05, 4.69) is 17.0 Å². The van der Waals surface area contributed by atoms with Crippen molar-refractivity contribution < 1.29 is 4.79 Å². The largest absolute Gasteiger partial charge is 0.347 e. The zero-order chi connectivity index (χ0) is 13.0. The van der Waals surface area contributed by atoms with Crippen LogP contribution in [0, 0.1) is 6.92 Å². The number of nitrogens with one attached hydrogen (secondary N) is 1. The Balaban J connectivity index is 2.37. The second kappa shape index (κ2) is 5.31. The summed E-state index contributed by atoms with van der Waals surface area (Å²) >= 11 is 0. The number of aryl methyl sites for hydroxylation is 1. The van der Waals surface area contributed by atoms with Crippen molar-refractivity contribution in [3.8, 4) is 5.69 Å². The third-order valence-electron chi connectivity index (χ3n) is 2.47. The standard InChI is InChI=1S/C14H15N3O/c1-3-9-15-14(18)13-10-11(2)16-17(13)12-7-5-4-6-8-12/h3-8,10H,1,9H2,2H3,(H,15,18). The fraction of sp³-hybridized carbons (Fsp3) is 0.143. The van der Waals surface area contributed by atoms with E-state index < -0.39 is 0 Å². The molecule has 0 saturated carbocycles. The van der Waals surface area contributed by atoms with E-state index in [9.17, 15) is 4.79 Å². The van der Waals surface area contributed by atoms with E-state index in [-0.39, 0.29) is 5.91 Å². The average Bonchev–Trinajstić information content (AvgIpc) is 2.79. The number of hydrogen-bond acceptors (Lipinski definition) is 2. The van der Waals surface area contributed by atoms with Gasteiger partial charge in [0.25, 0.3) is 5.91 Å². The Morgan fingerprint density at radius 1 is 1.44 bits per heavy atom. The molecule has 4 heteroatoms. The lowest BCUT2D eigenvalue weighted by Gasteiger charge is -2.06. The first-order chi connectivity index (χ1) is 8.72. The molecule has 0 aliphatic heterocycles. The average molecular weight is 241 g/mol. The predicted octanol–water partition coefficient (Wildman–Crippen LogP) is 2.10. The smallest absolute Gasteiger partial charge is 0.270 e. The molecule has 4 nitrogen and oxygen atoms in total. The molecule has 1 heterocycles. The van der Waals surface area contributed by atoms with Gasteiger partial charge in [0.05, 0.1) is 11.4 Å². The van der Waals surface area contributed by atoms with Crippen LogP contribution in [-0.4, -0.2) is 22.2 Å². The third-order valence-corrected chi connectivity index (χ3v) is 2.47. The molecule has 0 aliphatic carbocycles. The highest BCUT2D eigenvalue weighted by Crippen LogP contribution is 2.12. The van der Waals surface area contributed by atoms with Crippen molar-refractivity contribution in [2.24, 2.45) is 0 Å². The number of amides is 1. The molecule has 0 aliphatic rings. The van der Waals surface area contributed by atoms with Crippen LogP contribution >= 0.6 is 0 Å². The summed E-state index contributed by atoms with van der Waals surface area (Å²) < 4.78 is 1.65. The molecular weight excluding hydrogens is 226 g/mol. The van der Waals surface area contributed by atoms with Gasteiger partial charge in [-0.05, 0) is 25.1 Å². The van der Waals surface area contributed by atoms with Gasteiger partial charge in [0.2, 0.25) is 0 Å². The fourth-order valence-corrected chi connectivity index (χ4v) is 1.68. The summed E-state index contributed by atoms with van der Waals surface area (Å²) in [5.74, 6) is -0.153. The van der Waals surface area contributed by atoms with Crippen molar-refractivity contribution >= 4 is 5.91 Å². The number of rotatable bonds is 4. The molecule has 0 saturated heterocycles. The number of carbonyl (C=O) groups excluding carboxylic acids is 1. The minimum Gasteiger partial charge on any atom is -0.347 e. The molecule has 1 N–H and O–H groups in total. The molecule has 0 atom stereocenters. The van der Waals surface area contributed by atoms with E-state index in [0.717, 1.165) is 11.4 Å². The Labute approximate surface area is 106 Å². The molecule has 2 rings (SSSR count). The summed E-state index contributed by atoms with van der Waals surface area (Å²) in [5.41, 5.74) is 2.21. The lowest BCUT2D eigenvalue weighted by atomic mass is 10.3. The van der Waals surface area contributed by atoms with Crippen LogP contribution in [0.5, 0.6) is 0 Å². The maximum Gasteiger partial charge on any atom is 0.270 e. The predicted molar refractivity (Wildman–Crippen MR) is 70.8 cm³/mol. The van der Waals surface area contributed by atoms with Crippen LogP contribution in [0.2, 0.25) is 0 Å². The van der Waals surface area contributed by atoms with Gasteiger partial charge in [-0.2, -0.15) is 5.10 Å². The minimum absolute atomic E-state index is 0.153. The lowest BCUT2D eigenvalue weighted by Crippen LogP contribution is -2.25. The molecule has 1 aromatic carbocycles. The van der Waals surface area contributed by atoms with E-state index >= 15 is 0 Å². The number of benzene rings is 1. The quantitative estimate of drug-likeness (QED) is 0.833. The van der Waals surface area contributed by atoms with Gasteiger partial charge in [-0.1, -0.05) is 24.3 Å². The van der Waals surface area contributed by atoms with Gasteiger partial charge in [-0.3, -0.25) is 4.79 Å². The SMILES string of the molecule is C=CCNC(=O)c1cc(C)nn1-c1ccccc1. The number of nitrogens with zero attached hydrogens (tertiary/aromatic N) is 2. The van der Waals surface area contributed by atoms with Crippen molar-refractivity contribution in [2.45, 2.75) is 6.92 Å². The third kappa shape index (κ3) is 2.48. The van der Waals surface area contributed by atoms with Gasteiger partial charge in [0.15, 0.2) is 0 Å². The zero-order valence-electron chi connectivity index (χ0n) is 10.3. The Bertz CT molecular complexity index is 558. The van der Waals surface area contributed by atoms with Gasteiger partial charge < -0.3 is 5.32 Å². The van der Waals surface area contributed by atoms with Crippen molar-refractivity contribution in [3.63, 3.8) is 0 Å². The second-order valence-electron chi connectivity index (χ2n) is 3.92. The van der Waals surface area contributed by atoms with Gasteiger partial charge in [-0.15, -0.1) is 6.58 Å². The highest BCUT2D eigenvalue weighted by Gasteiger charge is 2.14. The zero-order valence-corrected chi connectivity index (χ0v) is 10.3. The van der Waals surface area contributed by atoms with Crippen molar-refractivity contribution in [1.82, 2.24) is 15.1 Å². The first kappa shape index (κ1) is 12.1. The van der Waals surface area contributed by atoms with Crippen molar-refractivity contribution in [3.05, 3.63) is 60.4 Å². The molecule has 0 unspecified atom stereocenters. The molecule has 1 aromatic heterocycles. The molecular formula is C14H15N3O. The van der Waals surface area contributed by atoms with Gasteiger partial charge >= 0.3 is 0 Å². The maximum atomic E-state index is 12.0. The first-order valence-electron chi connectivity index (χ1n) is 5.73. The molecule has 0 fully saturated rings. The van der Waals surface area contributed by atoms with Crippen LogP contribution in [0.15, 0.2) is 49.1 Å². The molecule has 0 radical (unpaired) electrons. The van der Waals surface area contributed by atoms with E-state index in [1.165, 1.54) is 0 Å². The minimum atomic E-state index is -0.153. The van der Waals surface area contributed by atoms with Crippen LogP contribution in [0.4, 0.5) is 0 Å². The molecule has 92 valence electrons. The number of aromatic nitrogens is 2. The van der Waals surface area contributed by atoms with Gasteiger partial charge in [-0.25, -0.2) is 4.68 Å². The second-order valence-corrected chi connectivity index (χ2v) is 3.92. The normalized spacial score (nSPS) is 10.1. The number of carbonyl (C=O) groups is 1. The summed E-state index contributed by atoms with van der Waals surface area (Å²) in [6.07, 6.45) is 1.65. The van der Waals surface area contributed by atoms with Crippen molar-refractivity contribution in [1.29, 1.82) is 0 Å². The number of hydrogen-bond donors (Lipinski definition) is 1. The first-order valence-corrected chi connectivity index (χ1v) is 5.73. The lowest BCUT2D eigenvalue weighted by molar-refractivity contribution is 0.0950. The summed E-state index contributed by atoms with van der Waals surface area (Å²) in [6.45, 7) is 5.88. The highest BCUT2D eigenvalue weighted by atomic mass is 16.2. The Kier molecular flexibility index (Phi) is 3.57. The Hall–Kier alpha value is -2.36. The molecule has 0 spiro atoms. The molecule has 2 aromatic rings. The Morgan fingerprint density at radius 2 is 2.17 bits per heavy atom. The van der Waals surface area contributed by atoms with Crippen LogP contribution in [0.3, 0.4) is 0 Å². The Morgan fingerprint density at radius 3 is 2.83 bits per heavy atom. The van der Waals surface area contributed by atoms with Crippen LogP contribution < -0.4 is 5.32 Å². The summed E-state index contributed by atoms with van der Waals surface area (Å²) in [7, 11) is 0. The van der Waals surface area contributed by atoms with E-state index in [4.69, 9.17) is 0 Å². The van der Waals surface area contributed by atoms with Crippen LogP contribution in [0.1, 0.15) is 16.2 Å². The van der Waals surface area contributed by atoms with E-state index in [0.29, 0.717) is 12.2 Å². The van der Waals surface area contributed by atoms with Crippen LogP contribution in [-0.2, 0) is 0 Å². The van der Waals surface area contributed by atoms with E-state index in [1.807, 2.05) is 37.3 Å². The van der Waals surface area contributed by atoms with Gasteiger partial charge in [0, 0.05) is 6.54 Å². The molecule has 1 amide bonds. The summed E-state index contributed by atoms with van der Waals surface area (Å²) in [4.78, 5) is 12.0. The number of para-hydroxylation sites is 1. The maximum absolute atomic E-state index is 12.0. The van der Waals surface area contributed by atoms with Gasteiger partial charge in [0.1, 0.15) is 5.69 Å². The molecule has 0 bridgehead atoms. The topological polar surface area (TPSA) is 46.9 Å².